The lowest BCUT2D eigenvalue weighted by molar-refractivity contribution is -0.0519. The molecule has 2 nitrogen and oxygen atoms in total. The molecule has 1 aliphatic rings. The number of fused-ring (bicyclic) bond motifs is 3. The molecule has 84 valence electrons. The Kier molecular flexibility index (Phi) is 1.82. The topological polar surface area (TPSA) is 25.0 Å². The number of nitrogens with one attached hydrogen (secondary N) is 1. The van der Waals surface area contributed by atoms with Crippen LogP contribution in [0.25, 0.3) is 21.8 Å². The van der Waals surface area contributed by atoms with Crippen LogP contribution in [0.3, 0.4) is 0 Å². The average molecular weight is 223 g/mol. The normalized spacial score (nSPS) is 19.6. The van der Waals surface area contributed by atoms with Gasteiger partial charge in [0.15, 0.2) is 0 Å². The van der Waals surface area contributed by atoms with E-state index in [-0.39, 0.29) is 6.10 Å². The van der Waals surface area contributed by atoms with E-state index in [9.17, 15) is 0 Å². The molecule has 0 radical (unpaired) electrons. The quantitative estimate of drug-likeness (QED) is 0.667. The number of H-pyrrole nitrogens is 1. The summed E-state index contributed by atoms with van der Waals surface area (Å²) in [6.07, 6.45) is 1.42. The zero-order valence-electron chi connectivity index (χ0n) is 9.44. The molecule has 2 heteroatoms. The van der Waals surface area contributed by atoms with Crippen LogP contribution in [0.2, 0.25) is 0 Å². The fourth-order valence-corrected chi connectivity index (χ4v) is 2.65. The predicted octanol–water partition coefficient (Wildman–Crippen LogP) is 3.78. The summed E-state index contributed by atoms with van der Waals surface area (Å²) in [5, 5.41) is 2.59. The number of rotatable bonds is 1. The Bertz CT molecular complexity index is 694. The second-order valence-corrected chi connectivity index (χ2v) is 4.59. The van der Waals surface area contributed by atoms with Gasteiger partial charge in [-0.15, -0.1) is 0 Å². The molecule has 1 unspecified atom stereocenters. The molecule has 1 aromatic heterocycles. The van der Waals surface area contributed by atoms with Crippen LogP contribution < -0.4 is 0 Å². The van der Waals surface area contributed by atoms with Crippen LogP contribution in [-0.2, 0) is 4.74 Å². The Morgan fingerprint density at radius 1 is 1.00 bits per heavy atom. The molecule has 4 rings (SSSR count). The predicted molar refractivity (Wildman–Crippen MR) is 69.1 cm³/mol. The molecule has 0 saturated carbocycles. The molecule has 0 spiro atoms. The van der Waals surface area contributed by atoms with Gasteiger partial charge in [0.1, 0.15) is 0 Å². The van der Waals surface area contributed by atoms with Crippen molar-refractivity contribution in [1.82, 2.24) is 4.98 Å². The van der Waals surface area contributed by atoms with E-state index in [1.807, 2.05) is 0 Å². The first-order valence-corrected chi connectivity index (χ1v) is 6.04. The van der Waals surface area contributed by atoms with Gasteiger partial charge >= 0.3 is 0 Å². The zero-order valence-corrected chi connectivity index (χ0v) is 9.44. The van der Waals surface area contributed by atoms with Gasteiger partial charge in [0.2, 0.25) is 0 Å². The van der Waals surface area contributed by atoms with Crippen molar-refractivity contribution in [2.24, 2.45) is 0 Å². The molecular weight excluding hydrogens is 210 g/mol. The second-order valence-electron chi connectivity index (χ2n) is 4.59. The van der Waals surface area contributed by atoms with E-state index >= 15 is 0 Å². The van der Waals surface area contributed by atoms with Crippen molar-refractivity contribution in [3.8, 4) is 0 Å². The number of aromatic nitrogens is 1. The van der Waals surface area contributed by atoms with E-state index in [1.54, 1.807) is 0 Å². The molecule has 0 bridgehead atoms. The first-order chi connectivity index (χ1) is 8.43. The maximum atomic E-state index is 5.60. The van der Waals surface area contributed by atoms with Crippen molar-refractivity contribution >= 4 is 21.8 Å². The van der Waals surface area contributed by atoms with Crippen LogP contribution in [0.1, 0.15) is 18.1 Å². The standard InChI is InChI=1S/C15H13NO/c1-2-7-13-10(4-1)11-5-3-6-12(15(11)16-13)14-8-9-17-14/h1-7,14,16H,8-9H2. The number of ether oxygens (including phenoxy) is 1. The second kappa shape index (κ2) is 3.34. The third-order valence-electron chi connectivity index (χ3n) is 3.62. The third kappa shape index (κ3) is 1.25. The number of hydrogen-bond donors (Lipinski definition) is 1. The molecule has 0 amide bonds. The molecule has 1 fully saturated rings. The Morgan fingerprint density at radius 2 is 1.82 bits per heavy atom. The summed E-state index contributed by atoms with van der Waals surface area (Å²) >= 11 is 0. The van der Waals surface area contributed by atoms with Crippen molar-refractivity contribution in [1.29, 1.82) is 0 Å². The van der Waals surface area contributed by atoms with Gasteiger partial charge in [-0.2, -0.15) is 0 Å². The average Bonchev–Trinajstić information content (AvgIpc) is 2.67. The van der Waals surface area contributed by atoms with Crippen molar-refractivity contribution < 1.29 is 4.74 Å². The maximum Gasteiger partial charge on any atom is 0.0867 e. The van der Waals surface area contributed by atoms with E-state index in [4.69, 9.17) is 4.74 Å². The Balaban J connectivity index is 2.08. The summed E-state index contributed by atoms with van der Waals surface area (Å²) in [7, 11) is 0. The van der Waals surface area contributed by atoms with Gasteiger partial charge in [0, 0.05) is 28.3 Å². The first-order valence-electron chi connectivity index (χ1n) is 6.04. The van der Waals surface area contributed by atoms with Crippen molar-refractivity contribution in [3.05, 3.63) is 48.0 Å². The lowest BCUT2D eigenvalue weighted by atomic mass is 10.0. The molecule has 17 heavy (non-hydrogen) atoms. The lowest BCUT2D eigenvalue weighted by Gasteiger charge is -2.27. The van der Waals surface area contributed by atoms with Crippen molar-refractivity contribution in [3.63, 3.8) is 0 Å². The van der Waals surface area contributed by atoms with E-state index in [1.165, 1.54) is 27.4 Å². The number of hydrogen-bond acceptors (Lipinski definition) is 1. The summed E-state index contributed by atoms with van der Waals surface area (Å²) in [4.78, 5) is 3.52. The summed E-state index contributed by atoms with van der Waals surface area (Å²) in [6.45, 7) is 0.890. The van der Waals surface area contributed by atoms with Crippen LogP contribution >= 0.6 is 0 Å². The number of benzene rings is 2. The molecule has 2 aromatic carbocycles. The minimum Gasteiger partial charge on any atom is -0.373 e. The Hall–Kier alpha value is -1.80. The van der Waals surface area contributed by atoms with E-state index in [2.05, 4.69) is 47.4 Å². The zero-order chi connectivity index (χ0) is 11.2. The lowest BCUT2D eigenvalue weighted by Crippen LogP contribution is -2.18. The fourth-order valence-electron chi connectivity index (χ4n) is 2.65. The van der Waals surface area contributed by atoms with Crippen molar-refractivity contribution in [2.75, 3.05) is 6.61 Å². The molecular formula is C15H13NO. The minimum atomic E-state index is 0.284. The summed E-state index contributed by atoms with van der Waals surface area (Å²) in [5.41, 5.74) is 3.73. The van der Waals surface area contributed by atoms with Gasteiger partial charge in [0.25, 0.3) is 0 Å². The molecule has 1 aliphatic heterocycles. The van der Waals surface area contributed by atoms with Crippen LogP contribution in [0, 0.1) is 0 Å². The largest absolute Gasteiger partial charge is 0.373 e. The first kappa shape index (κ1) is 9.25. The van der Waals surface area contributed by atoms with Gasteiger partial charge < -0.3 is 9.72 Å². The Labute approximate surface area is 99.2 Å². The van der Waals surface area contributed by atoms with E-state index < -0.39 is 0 Å². The molecule has 1 N–H and O–H groups in total. The van der Waals surface area contributed by atoms with Crippen LogP contribution in [0.5, 0.6) is 0 Å². The van der Waals surface area contributed by atoms with Gasteiger partial charge in [-0.05, 0) is 6.07 Å². The molecule has 1 atom stereocenters. The van der Waals surface area contributed by atoms with Gasteiger partial charge in [0.05, 0.1) is 18.2 Å². The summed E-state index contributed by atoms with van der Waals surface area (Å²) in [6, 6.07) is 14.9. The highest BCUT2D eigenvalue weighted by Crippen LogP contribution is 2.36. The monoisotopic (exact) mass is 223 g/mol. The highest BCUT2D eigenvalue weighted by molar-refractivity contribution is 6.08. The van der Waals surface area contributed by atoms with E-state index in [0.717, 1.165) is 13.0 Å². The molecule has 2 heterocycles. The summed E-state index contributed by atoms with van der Waals surface area (Å²) in [5.74, 6) is 0. The number of aromatic amines is 1. The van der Waals surface area contributed by atoms with Crippen LogP contribution in [0.15, 0.2) is 42.5 Å². The maximum absolute atomic E-state index is 5.60. The van der Waals surface area contributed by atoms with Crippen molar-refractivity contribution in [2.45, 2.75) is 12.5 Å². The van der Waals surface area contributed by atoms with Gasteiger partial charge in [-0.1, -0.05) is 36.4 Å². The Morgan fingerprint density at radius 3 is 2.65 bits per heavy atom. The van der Waals surface area contributed by atoms with Gasteiger partial charge in [-0.25, -0.2) is 0 Å². The SMILES string of the molecule is c1ccc2c(c1)[nH]c1c(C3CCO3)cccc12. The summed E-state index contributed by atoms with van der Waals surface area (Å²) < 4.78 is 5.60. The minimum absolute atomic E-state index is 0.284. The highest BCUT2D eigenvalue weighted by Gasteiger charge is 2.23. The fraction of sp³-hybridized carbons (Fsp3) is 0.200. The smallest absolute Gasteiger partial charge is 0.0867 e. The van der Waals surface area contributed by atoms with E-state index in [0.29, 0.717) is 0 Å². The van der Waals surface area contributed by atoms with Crippen LogP contribution in [-0.4, -0.2) is 11.6 Å². The third-order valence-corrected chi connectivity index (χ3v) is 3.62. The molecule has 1 saturated heterocycles. The number of para-hydroxylation sites is 2. The molecule has 3 aromatic rings. The van der Waals surface area contributed by atoms with Crippen LogP contribution in [0.4, 0.5) is 0 Å². The molecule has 0 aliphatic carbocycles. The van der Waals surface area contributed by atoms with Gasteiger partial charge in [-0.3, -0.25) is 0 Å². The highest BCUT2D eigenvalue weighted by atomic mass is 16.5.